The van der Waals surface area contributed by atoms with Crippen LogP contribution < -0.4 is 11.1 Å². The van der Waals surface area contributed by atoms with Gasteiger partial charge in [0.05, 0.1) is 9.40 Å². The molecule has 0 amide bonds. The van der Waals surface area contributed by atoms with Crippen LogP contribution in [0.2, 0.25) is 0 Å². The van der Waals surface area contributed by atoms with Gasteiger partial charge in [-0.1, -0.05) is 0 Å². The number of nitro groups is 1. The molecule has 3 N–H and O–H groups in total. The van der Waals surface area contributed by atoms with Gasteiger partial charge >= 0.3 is 0 Å². The van der Waals surface area contributed by atoms with Crippen LogP contribution in [0, 0.1) is 10.1 Å². The molecule has 17 heavy (non-hydrogen) atoms. The van der Waals surface area contributed by atoms with Crippen LogP contribution in [0.4, 0.5) is 11.5 Å². The predicted octanol–water partition coefficient (Wildman–Crippen LogP) is 2.05. The molecule has 1 heterocycles. The Labute approximate surface area is 107 Å². The van der Waals surface area contributed by atoms with Crippen LogP contribution in [0.5, 0.6) is 0 Å². The summed E-state index contributed by atoms with van der Waals surface area (Å²) < 4.78 is 0.578. The molecule has 0 unspecified atom stereocenters. The maximum atomic E-state index is 10.5. The van der Waals surface area contributed by atoms with Crippen LogP contribution in [-0.4, -0.2) is 22.0 Å². The number of nitrogens with two attached hydrogens (primary N) is 1. The summed E-state index contributed by atoms with van der Waals surface area (Å²) in [6.45, 7) is 0.635. The van der Waals surface area contributed by atoms with Gasteiger partial charge in [0.15, 0.2) is 0 Å². The largest absolute Gasteiger partial charge is 0.367 e. The Morgan fingerprint density at radius 2 is 2.35 bits per heavy atom. The molecule has 1 aromatic heterocycles. The van der Waals surface area contributed by atoms with E-state index in [0.29, 0.717) is 16.8 Å². The second kappa shape index (κ2) is 4.58. The maximum absolute atomic E-state index is 10.5. The average Bonchev–Trinajstić information content (AvgIpc) is 2.24. The second-order valence-corrected chi connectivity index (χ2v) is 5.20. The van der Waals surface area contributed by atoms with Crippen molar-refractivity contribution in [2.45, 2.75) is 24.8 Å². The minimum Gasteiger partial charge on any atom is -0.367 e. The first kappa shape index (κ1) is 12.3. The first-order valence-corrected chi connectivity index (χ1v) is 6.12. The summed E-state index contributed by atoms with van der Waals surface area (Å²) >= 11 is 3.25. The zero-order valence-corrected chi connectivity index (χ0v) is 10.7. The lowest BCUT2D eigenvalue weighted by atomic mass is 9.78. The quantitative estimate of drug-likeness (QED) is 0.655. The lowest BCUT2D eigenvalue weighted by Crippen LogP contribution is -2.52. The third-order valence-electron chi connectivity index (χ3n) is 2.99. The summed E-state index contributed by atoms with van der Waals surface area (Å²) in [7, 11) is 0. The van der Waals surface area contributed by atoms with E-state index in [2.05, 4.69) is 26.2 Å². The van der Waals surface area contributed by atoms with E-state index in [-0.39, 0.29) is 11.2 Å². The number of hydrogen-bond donors (Lipinski definition) is 2. The molecule has 0 atom stereocenters. The van der Waals surface area contributed by atoms with Gasteiger partial charge in [-0.25, -0.2) is 4.98 Å². The number of anilines is 1. The summed E-state index contributed by atoms with van der Waals surface area (Å²) in [4.78, 5) is 14.1. The minimum atomic E-state index is -0.474. The monoisotopic (exact) mass is 300 g/mol. The summed E-state index contributed by atoms with van der Waals surface area (Å²) in [5.74, 6) is 0.590. The van der Waals surface area contributed by atoms with E-state index in [1.165, 1.54) is 12.3 Å². The van der Waals surface area contributed by atoms with Gasteiger partial charge in [-0.05, 0) is 35.2 Å². The van der Waals surface area contributed by atoms with Gasteiger partial charge in [-0.15, -0.1) is 0 Å². The van der Waals surface area contributed by atoms with Crippen LogP contribution in [0.25, 0.3) is 0 Å². The van der Waals surface area contributed by atoms with E-state index in [1.54, 1.807) is 0 Å². The average molecular weight is 301 g/mol. The molecule has 7 heteroatoms. The van der Waals surface area contributed by atoms with E-state index >= 15 is 0 Å². The van der Waals surface area contributed by atoms with E-state index in [0.717, 1.165) is 19.3 Å². The molecule has 1 aliphatic rings. The fraction of sp³-hybridized carbons (Fsp3) is 0.500. The summed E-state index contributed by atoms with van der Waals surface area (Å²) in [5.41, 5.74) is 5.88. The van der Waals surface area contributed by atoms with Crippen LogP contribution in [0.15, 0.2) is 16.7 Å². The van der Waals surface area contributed by atoms with Crippen molar-refractivity contribution in [1.29, 1.82) is 0 Å². The van der Waals surface area contributed by atoms with Crippen LogP contribution in [0.1, 0.15) is 19.3 Å². The van der Waals surface area contributed by atoms with Crippen molar-refractivity contribution in [2.75, 3.05) is 11.9 Å². The van der Waals surface area contributed by atoms with E-state index in [9.17, 15) is 10.1 Å². The third kappa shape index (κ3) is 2.73. The highest BCUT2D eigenvalue weighted by Crippen LogP contribution is 2.30. The maximum Gasteiger partial charge on any atom is 0.288 e. The standard InChI is InChI=1S/C10H13BrN4O2/c11-8-4-7(15(16)17)5-13-9(8)14-6-10(12)2-1-3-10/h4-5H,1-3,6,12H2,(H,13,14). The number of nitrogens with one attached hydrogen (secondary N) is 1. The number of nitrogens with zero attached hydrogens (tertiary/aromatic N) is 2. The van der Waals surface area contributed by atoms with Gasteiger partial charge in [0.1, 0.15) is 12.0 Å². The molecular formula is C10H13BrN4O2. The van der Waals surface area contributed by atoms with Crippen molar-refractivity contribution in [2.24, 2.45) is 5.73 Å². The summed E-state index contributed by atoms with van der Waals surface area (Å²) in [5, 5.41) is 13.7. The molecule has 0 aliphatic heterocycles. The van der Waals surface area contributed by atoms with Crippen LogP contribution >= 0.6 is 15.9 Å². The lowest BCUT2D eigenvalue weighted by molar-refractivity contribution is -0.385. The van der Waals surface area contributed by atoms with Crippen molar-refractivity contribution in [1.82, 2.24) is 4.98 Å². The van der Waals surface area contributed by atoms with Gasteiger partial charge in [-0.3, -0.25) is 10.1 Å². The Bertz CT molecular complexity index is 448. The Hall–Kier alpha value is -1.21. The summed E-state index contributed by atoms with van der Waals surface area (Å²) in [6.07, 6.45) is 4.40. The van der Waals surface area contributed by atoms with Crippen LogP contribution in [0.3, 0.4) is 0 Å². The SMILES string of the molecule is NC1(CNc2ncc([N+](=O)[O-])cc2Br)CCC1. The van der Waals surface area contributed by atoms with E-state index in [1.807, 2.05) is 0 Å². The molecule has 0 radical (unpaired) electrons. The fourth-order valence-electron chi connectivity index (χ4n) is 1.73. The highest BCUT2D eigenvalue weighted by Gasteiger charge is 2.32. The predicted molar refractivity (Wildman–Crippen MR) is 67.9 cm³/mol. The zero-order chi connectivity index (χ0) is 12.5. The second-order valence-electron chi connectivity index (χ2n) is 4.35. The highest BCUT2D eigenvalue weighted by atomic mass is 79.9. The first-order chi connectivity index (χ1) is 8.00. The molecule has 0 bridgehead atoms. The Balaban J connectivity index is 2.03. The normalized spacial score (nSPS) is 17.3. The highest BCUT2D eigenvalue weighted by molar-refractivity contribution is 9.10. The Morgan fingerprint density at radius 3 is 2.82 bits per heavy atom. The summed E-state index contributed by atoms with van der Waals surface area (Å²) in [6, 6.07) is 1.43. The molecular weight excluding hydrogens is 288 g/mol. The minimum absolute atomic E-state index is 0.0338. The molecule has 1 saturated carbocycles. The molecule has 0 spiro atoms. The Morgan fingerprint density at radius 1 is 1.65 bits per heavy atom. The zero-order valence-electron chi connectivity index (χ0n) is 9.15. The van der Waals surface area contributed by atoms with Gasteiger partial charge in [-0.2, -0.15) is 0 Å². The molecule has 0 saturated heterocycles. The van der Waals surface area contributed by atoms with E-state index < -0.39 is 4.92 Å². The molecule has 1 fully saturated rings. The van der Waals surface area contributed by atoms with Crippen molar-refractivity contribution >= 4 is 27.4 Å². The van der Waals surface area contributed by atoms with Crippen LogP contribution in [-0.2, 0) is 0 Å². The molecule has 0 aromatic carbocycles. The third-order valence-corrected chi connectivity index (χ3v) is 3.60. The molecule has 1 aromatic rings. The van der Waals surface area contributed by atoms with E-state index in [4.69, 9.17) is 5.73 Å². The molecule has 2 rings (SSSR count). The van der Waals surface area contributed by atoms with Crippen molar-refractivity contribution in [3.63, 3.8) is 0 Å². The van der Waals surface area contributed by atoms with Crippen molar-refractivity contribution in [3.05, 3.63) is 26.9 Å². The van der Waals surface area contributed by atoms with Gasteiger partial charge in [0, 0.05) is 18.2 Å². The number of hydrogen-bond acceptors (Lipinski definition) is 5. The Kier molecular flexibility index (Phi) is 3.30. The fourth-order valence-corrected chi connectivity index (χ4v) is 2.20. The topological polar surface area (TPSA) is 94.1 Å². The lowest BCUT2D eigenvalue weighted by Gasteiger charge is -2.38. The van der Waals surface area contributed by atoms with Gasteiger partial charge in [0.2, 0.25) is 0 Å². The van der Waals surface area contributed by atoms with Gasteiger partial charge in [0.25, 0.3) is 5.69 Å². The smallest absolute Gasteiger partial charge is 0.288 e. The molecule has 92 valence electrons. The number of aromatic nitrogens is 1. The number of halogens is 1. The van der Waals surface area contributed by atoms with Gasteiger partial charge < -0.3 is 11.1 Å². The van der Waals surface area contributed by atoms with Crippen molar-refractivity contribution in [3.8, 4) is 0 Å². The number of pyridine rings is 1. The van der Waals surface area contributed by atoms with Crippen molar-refractivity contribution < 1.29 is 4.92 Å². The first-order valence-electron chi connectivity index (χ1n) is 5.33. The number of rotatable bonds is 4. The molecule has 1 aliphatic carbocycles. The molecule has 6 nitrogen and oxygen atoms in total.